The van der Waals surface area contributed by atoms with Crippen LogP contribution in [0, 0.1) is 0 Å². The number of fused-ring (bicyclic) bond motifs is 1. The van der Waals surface area contributed by atoms with Crippen molar-refractivity contribution in [3.05, 3.63) is 47.5 Å². The molecule has 3 nitrogen and oxygen atoms in total. The Morgan fingerprint density at radius 2 is 1.82 bits per heavy atom. The number of carboxylic acids is 1. The largest absolute Gasteiger partial charge is 0.481 e. The summed E-state index contributed by atoms with van der Waals surface area (Å²) in [5, 5.41) is 10.6. The van der Waals surface area contributed by atoms with Gasteiger partial charge in [-0.15, -0.1) is 0 Å². The Balaban J connectivity index is 2.31. The fourth-order valence-corrected chi connectivity index (χ4v) is 1.79. The van der Waals surface area contributed by atoms with Gasteiger partial charge in [0.1, 0.15) is 6.29 Å². The molecule has 0 aliphatic rings. The molecule has 0 atom stereocenters. The van der Waals surface area contributed by atoms with E-state index in [4.69, 9.17) is 5.11 Å². The number of aldehydes is 1. The molecule has 0 radical (unpaired) electrons. The average molecular weight is 228 g/mol. The van der Waals surface area contributed by atoms with Crippen molar-refractivity contribution in [1.82, 2.24) is 0 Å². The lowest BCUT2D eigenvalue weighted by molar-refractivity contribution is -0.136. The number of rotatable bonds is 4. The van der Waals surface area contributed by atoms with Gasteiger partial charge < -0.3 is 5.11 Å². The van der Waals surface area contributed by atoms with Crippen molar-refractivity contribution in [1.29, 1.82) is 0 Å². The second kappa shape index (κ2) is 4.78. The molecular weight excluding hydrogens is 216 g/mol. The highest BCUT2D eigenvalue weighted by atomic mass is 16.4. The highest BCUT2D eigenvalue weighted by Crippen LogP contribution is 2.18. The molecule has 0 saturated heterocycles. The Morgan fingerprint density at radius 3 is 2.53 bits per heavy atom. The van der Waals surface area contributed by atoms with Gasteiger partial charge in [-0.2, -0.15) is 0 Å². The van der Waals surface area contributed by atoms with Crippen LogP contribution in [0.4, 0.5) is 0 Å². The highest BCUT2D eigenvalue weighted by molar-refractivity contribution is 5.89. The van der Waals surface area contributed by atoms with Crippen molar-refractivity contribution < 1.29 is 14.7 Å². The summed E-state index contributed by atoms with van der Waals surface area (Å²) in [4.78, 5) is 21.1. The van der Waals surface area contributed by atoms with Gasteiger partial charge in [-0.3, -0.25) is 9.59 Å². The summed E-state index contributed by atoms with van der Waals surface area (Å²) < 4.78 is 0. The van der Waals surface area contributed by atoms with E-state index in [0.717, 1.165) is 22.6 Å². The molecule has 3 heteroatoms. The molecule has 0 bridgehead atoms. The number of hydrogen-bond donors (Lipinski definition) is 1. The van der Waals surface area contributed by atoms with Crippen molar-refractivity contribution in [2.45, 2.75) is 12.8 Å². The lowest BCUT2D eigenvalue weighted by Crippen LogP contribution is -1.97. The van der Waals surface area contributed by atoms with Gasteiger partial charge in [0.15, 0.2) is 0 Å². The predicted octanol–water partition coefficient (Wildman–Crippen LogP) is 2.67. The first kappa shape index (κ1) is 11.3. The molecule has 1 N–H and O–H groups in total. The number of aliphatic carboxylic acids is 1. The highest BCUT2D eigenvalue weighted by Gasteiger charge is 2.01. The van der Waals surface area contributed by atoms with Crippen molar-refractivity contribution in [3.63, 3.8) is 0 Å². The minimum absolute atomic E-state index is 0.137. The van der Waals surface area contributed by atoms with Crippen LogP contribution in [0.2, 0.25) is 0 Å². The SMILES string of the molecule is O=Cc1ccc2cc(CCC(=O)O)ccc2c1. The third kappa shape index (κ3) is 2.69. The number of benzene rings is 2. The predicted molar refractivity (Wildman–Crippen MR) is 65.3 cm³/mol. The molecule has 0 spiro atoms. The van der Waals surface area contributed by atoms with Gasteiger partial charge in [-0.25, -0.2) is 0 Å². The van der Waals surface area contributed by atoms with Crippen LogP contribution in [-0.4, -0.2) is 17.4 Å². The Bertz CT molecular complexity index is 573. The second-order valence-electron chi connectivity index (χ2n) is 3.95. The van der Waals surface area contributed by atoms with Crippen LogP contribution >= 0.6 is 0 Å². The van der Waals surface area contributed by atoms with E-state index in [2.05, 4.69) is 0 Å². The zero-order valence-corrected chi connectivity index (χ0v) is 9.22. The first-order valence-electron chi connectivity index (χ1n) is 5.39. The maximum Gasteiger partial charge on any atom is 0.303 e. The Morgan fingerprint density at radius 1 is 1.12 bits per heavy atom. The average Bonchev–Trinajstić information content (AvgIpc) is 2.35. The summed E-state index contributed by atoms with van der Waals surface area (Å²) >= 11 is 0. The third-order valence-electron chi connectivity index (χ3n) is 2.69. The zero-order valence-electron chi connectivity index (χ0n) is 9.22. The van der Waals surface area contributed by atoms with Gasteiger partial charge in [0.05, 0.1) is 0 Å². The third-order valence-corrected chi connectivity index (χ3v) is 2.69. The van der Waals surface area contributed by atoms with Crippen LogP contribution in [0.3, 0.4) is 0 Å². The minimum Gasteiger partial charge on any atom is -0.481 e. The number of carboxylic acid groups (broad SMARTS) is 1. The van der Waals surface area contributed by atoms with E-state index in [1.54, 1.807) is 6.07 Å². The van der Waals surface area contributed by atoms with Gasteiger partial charge >= 0.3 is 5.97 Å². The molecule has 0 amide bonds. The molecule has 0 heterocycles. The zero-order chi connectivity index (χ0) is 12.3. The number of carbonyl (C=O) groups is 2. The molecule has 17 heavy (non-hydrogen) atoms. The molecule has 0 aliphatic carbocycles. The fourth-order valence-electron chi connectivity index (χ4n) is 1.79. The number of carbonyl (C=O) groups excluding carboxylic acids is 1. The van der Waals surface area contributed by atoms with E-state index in [1.807, 2.05) is 30.3 Å². The normalized spacial score (nSPS) is 10.4. The molecule has 2 rings (SSSR count). The van der Waals surface area contributed by atoms with E-state index in [1.165, 1.54) is 0 Å². The monoisotopic (exact) mass is 228 g/mol. The lowest BCUT2D eigenvalue weighted by Gasteiger charge is -2.03. The summed E-state index contributed by atoms with van der Waals surface area (Å²) in [5.41, 5.74) is 1.65. The maximum absolute atomic E-state index is 10.6. The van der Waals surface area contributed by atoms with Crippen LogP contribution in [-0.2, 0) is 11.2 Å². The smallest absolute Gasteiger partial charge is 0.303 e. The maximum atomic E-state index is 10.6. The van der Waals surface area contributed by atoms with Crippen LogP contribution in [0.25, 0.3) is 10.8 Å². The molecule has 0 saturated carbocycles. The minimum atomic E-state index is -0.790. The van der Waals surface area contributed by atoms with E-state index < -0.39 is 5.97 Å². The molecule has 86 valence electrons. The summed E-state index contributed by atoms with van der Waals surface area (Å²) in [6, 6.07) is 11.2. The summed E-state index contributed by atoms with van der Waals surface area (Å²) in [6.07, 6.45) is 1.48. The van der Waals surface area contributed by atoms with Crippen molar-refractivity contribution in [2.75, 3.05) is 0 Å². The van der Waals surface area contributed by atoms with E-state index in [9.17, 15) is 9.59 Å². The van der Waals surface area contributed by atoms with Gasteiger partial charge in [-0.1, -0.05) is 30.3 Å². The van der Waals surface area contributed by atoms with Gasteiger partial charge in [-0.05, 0) is 28.8 Å². The standard InChI is InChI=1S/C14H12O3/c15-9-11-2-5-12-7-10(3-6-14(16)17)1-4-13(12)8-11/h1-2,4-5,7-9H,3,6H2,(H,16,17). The first-order chi connectivity index (χ1) is 8.19. The van der Waals surface area contributed by atoms with E-state index in [-0.39, 0.29) is 6.42 Å². The summed E-state index contributed by atoms with van der Waals surface area (Å²) in [7, 11) is 0. The van der Waals surface area contributed by atoms with Crippen molar-refractivity contribution in [2.24, 2.45) is 0 Å². The van der Waals surface area contributed by atoms with Gasteiger partial charge in [0.25, 0.3) is 0 Å². The lowest BCUT2D eigenvalue weighted by atomic mass is 10.0. The Labute approximate surface area is 98.7 Å². The Kier molecular flexibility index (Phi) is 3.19. The van der Waals surface area contributed by atoms with Crippen molar-refractivity contribution >= 4 is 23.0 Å². The molecule has 2 aromatic rings. The molecule has 2 aromatic carbocycles. The topological polar surface area (TPSA) is 54.4 Å². The Hall–Kier alpha value is -2.16. The number of hydrogen-bond acceptors (Lipinski definition) is 2. The molecule has 0 fully saturated rings. The van der Waals surface area contributed by atoms with Crippen LogP contribution < -0.4 is 0 Å². The fraction of sp³-hybridized carbons (Fsp3) is 0.143. The molecule has 0 aromatic heterocycles. The van der Waals surface area contributed by atoms with Crippen LogP contribution in [0.5, 0.6) is 0 Å². The summed E-state index contributed by atoms with van der Waals surface area (Å²) in [6.45, 7) is 0. The molecule has 0 aliphatic heterocycles. The summed E-state index contributed by atoms with van der Waals surface area (Å²) in [5.74, 6) is -0.790. The van der Waals surface area contributed by atoms with Crippen molar-refractivity contribution in [3.8, 4) is 0 Å². The van der Waals surface area contributed by atoms with E-state index >= 15 is 0 Å². The van der Waals surface area contributed by atoms with Crippen LogP contribution in [0.15, 0.2) is 36.4 Å². The molecule has 0 unspecified atom stereocenters. The van der Waals surface area contributed by atoms with Gasteiger partial charge in [0, 0.05) is 12.0 Å². The molecular formula is C14H12O3. The number of aryl methyl sites for hydroxylation is 1. The second-order valence-corrected chi connectivity index (χ2v) is 3.95. The van der Waals surface area contributed by atoms with Gasteiger partial charge in [0.2, 0.25) is 0 Å². The first-order valence-corrected chi connectivity index (χ1v) is 5.39. The van der Waals surface area contributed by atoms with E-state index in [0.29, 0.717) is 12.0 Å². The quantitative estimate of drug-likeness (QED) is 0.818. The van der Waals surface area contributed by atoms with Crippen LogP contribution in [0.1, 0.15) is 22.3 Å².